The van der Waals surface area contributed by atoms with Gasteiger partial charge in [0.25, 0.3) is 0 Å². The van der Waals surface area contributed by atoms with Crippen molar-refractivity contribution < 1.29 is 0 Å². The van der Waals surface area contributed by atoms with E-state index < -0.39 is 0 Å². The van der Waals surface area contributed by atoms with Crippen LogP contribution < -0.4 is 4.90 Å². The molecule has 3 nitrogen and oxygen atoms in total. The van der Waals surface area contributed by atoms with Gasteiger partial charge in [-0.15, -0.1) is 0 Å². The van der Waals surface area contributed by atoms with E-state index in [2.05, 4.69) is 9.97 Å². The minimum absolute atomic E-state index is 0.479. The van der Waals surface area contributed by atoms with Gasteiger partial charge >= 0.3 is 0 Å². The van der Waals surface area contributed by atoms with Crippen LogP contribution in [-0.2, 0) is 0 Å². The molecular weight excluding hydrogens is 222 g/mol. The van der Waals surface area contributed by atoms with E-state index in [1.165, 1.54) is 0 Å². The van der Waals surface area contributed by atoms with Crippen molar-refractivity contribution in [1.82, 2.24) is 9.97 Å². The number of halogens is 1. The van der Waals surface area contributed by atoms with Crippen molar-refractivity contribution in [2.45, 2.75) is 0 Å². The highest BCUT2D eigenvalue weighted by Gasteiger charge is 2.05. The summed E-state index contributed by atoms with van der Waals surface area (Å²) in [6.07, 6.45) is 1.76. The molecule has 2 heterocycles. The number of hydrogen-bond donors (Lipinski definition) is 0. The van der Waals surface area contributed by atoms with Gasteiger partial charge in [-0.25, -0.2) is 4.98 Å². The molecule has 2 aromatic rings. The molecule has 2 rings (SSSR count). The monoisotopic (exact) mass is 233 g/mol. The van der Waals surface area contributed by atoms with Crippen LogP contribution in [-0.4, -0.2) is 24.1 Å². The van der Waals surface area contributed by atoms with Crippen molar-refractivity contribution in [2.24, 2.45) is 0 Å². The zero-order valence-corrected chi connectivity index (χ0v) is 9.94. The molecule has 0 aliphatic carbocycles. The third kappa shape index (κ3) is 2.31. The summed E-state index contributed by atoms with van der Waals surface area (Å²) in [6.45, 7) is 0. The lowest BCUT2D eigenvalue weighted by Gasteiger charge is -2.12. The first kappa shape index (κ1) is 10.9. The van der Waals surface area contributed by atoms with Crippen molar-refractivity contribution >= 4 is 17.4 Å². The predicted molar refractivity (Wildman–Crippen MR) is 66.8 cm³/mol. The molecule has 0 saturated heterocycles. The van der Waals surface area contributed by atoms with Crippen LogP contribution in [0.2, 0.25) is 5.15 Å². The van der Waals surface area contributed by atoms with Gasteiger partial charge in [0, 0.05) is 25.9 Å². The summed E-state index contributed by atoms with van der Waals surface area (Å²) >= 11 is 5.98. The zero-order valence-electron chi connectivity index (χ0n) is 9.18. The second kappa shape index (κ2) is 4.49. The number of nitrogens with zero attached hydrogens (tertiary/aromatic N) is 3. The maximum absolute atomic E-state index is 5.98. The first-order valence-corrected chi connectivity index (χ1v) is 5.31. The van der Waals surface area contributed by atoms with E-state index >= 15 is 0 Å². The zero-order chi connectivity index (χ0) is 11.5. The summed E-state index contributed by atoms with van der Waals surface area (Å²) in [4.78, 5) is 10.4. The minimum atomic E-state index is 0.479. The van der Waals surface area contributed by atoms with Crippen LogP contribution >= 0.6 is 11.6 Å². The largest absolute Gasteiger partial charge is 0.363 e. The number of anilines is 1. The topological polar surface area (TPSA) is 29.0 Å². The van der Waals surface area contributed by atoms with E-state index in [4.69, 9.17) is 11.6 Å². The fourth-order valence-corrected chi connectivity index (χ4v) is 1.60. The van der Waals surface area contributed by atoms with Crippen LogP contribution in [0.1, 0.15) is 0 Å². The van der Waals surface area contributed by atoms with E-state index in [0.29, 0.717) is 5.15 Å². The van der Waals surface area contributed by atoms with E-state index in [9.17, 15) is 0 Å². The van der Waals surface area contributed by atoms with Gasteiger partial charge in [-0.2, -0.15) is 0 Å². The average molecular weight is 234 g/mol. The van der Waals surface area contributed by atoms with Crippen LogP contribution in [0.25, 0.3) is 11.3 Å². The molecule has 16 heavy (non-hydrogen) atoms. The minimum Gasteiger partial charge on any atom is -0.363 e. The summed E-state index contributed by atoms with van der Waals surface area (Å²) in [5.74, 6) is 0.827. The first-order valence-electron chi connectivity index (χ1n) is 4.93. The van der Waals surface area contributed by atoms with Gasteiger partial charge in [0.1, 0.15) is 11.0 Å². The fourth-order valence-electron chi connectivity index (χ4n) is 1.39. The summed E-state index contributed by atoms with van der Waals surface area (Å²) in [5, 5.41) is 0.479. The van der Waals surface area contributed by atoms with Crippen LogP contribution in [0.5, 0.6) is 0 Å². The number of rotatable bonds is 2. The number of aromatic nitrogens is 2. The van der Waals surface area contributed by atoms with Crippen molar-refractivity contribution in [2.75, 3.05) is 19.0 Å². The maximum Gasteiger partial charge on any atom is 0.132 e. The highest BCUT2D eigenvalue weighted by Crippen LogP contribution is 2.23. The lowest BCUT2D eigenvalue weighted by molar-refractivity contribution is 1.07. The predicted octanol–water partition coefficient (Wildman–Crippen LogP) is 2.86. The average Bonchev–Trinajstić information content (AvgIpc) is 2.29. The first-order chi connectivity index (χ1) is 7.66. The second-order valence-electron chi connectivity index (χ2n) is 3.65. The molecule has 0 unspecified atom stereocenters. The summed E-state index contributed by atoms with van der Waals surface area (Å²) in [5.41, 5.74) is 1.87. The number of hydrogen-bond acceptors (Lipinski definition) is 3. The molecule has 0 bridgehead atoms. The summed E-state index contributed by atoms with van der Waals surface area (Å²) in [7, 11) is 3.86. The maximum atomic E-state index is 5.98. The van der Waals surface area contributed by atoms with Crippen LogP contribution in [0, 0.1) is 0 Å². The molecule has 0 aliphatic heterocycles. The third-order valence-corrected chi connectivity index (χ3v) is 2.39. The molecular formula is C12H12ClN3. The smallest absolute Gasteiger partial charge is 0.132 e. The van der Waals surface area contributed by atoms with Gasteiger partial charge in [-0.05, 0) is 24.3 Å². The van der Waals surface area contributed by atoms with Crippen LogP contribution in [0.4, 0.5) is 5.82 Å². The molecule has 0 spiro atoms. The van der Waals surface area contributed by atoms with Crippen molar-refractivity contribution in [3.05, 3.63) is 41.7 Å². The Labute approximate surface area is 99.7 Å². The van der Waals surface area contributed by atoms with E-state index in [-0.39, 0.29) is 0 Å². The van der Waals surface area contributed by atoms with Crippen molar-refractivity contribution in [3.63, 3.8) is 0 Å². The molecule has 0 atom stereocenters. The Bertz CT molecular complexity index is 483. The van der Waals surface area contributed by atoms with Crippen molar-refractivity contribution in [3.8, 4) is 11.3 Å². The molecule has 0 N–H and O–H groups in total. The SMILES string of the molecule is CN(C)c1cc(-c2ccccn2)cc(Cl)n1. The van der Waals surface area contributed by atoms with E-state index in [1.807, 2.05) is 49.3 Å². The molecule has 0 saturated carbocycles. The Balaban J connectivity index is 2.50. The normalized spacial score (nSPS) is 10.2. The molecule has 0 radical (unpaired) electrons. The van der Waals surface area contributed by atoms with Crippen LogP contribution in [0.3, 0.4) is 0 Å². The lowest BCUT2D eigenvalue weighted by Crippen LogP contribution is -2.10. The Morgan fingerprint density at radius 2 is 2.00 bits per heavy atom. The summed E-state index contributed by atoms with van der Waals surface area (Å²) < 4.78 is 0. The second-order valence-corrected chi connectivity index (χ2v) is 4.03. The Morgan fingerprint density at radius 3 is 2.62 bits per heavy atom. The van der Waals surface area contributed by atoms with E-state index in [0.717, 1.165) is 17.1 Å². The third-order valence-electron chi connectivity index (χ3n) is 2.20. The van der Waals surface area contributed by atoms with Gasteiger partial charge in [-0.3, -0.25) is 4.98 Å². The summed E-state index contributed by atoms with van der Waals surface area (Å²) in [6, 6.07) is 9.57. The highest BCUT2D eigenvalue weighted by molar-refractivity contribution is 6.29. The quantitative estimate of drug-likeness (QED) is 0.747. The molecule has 4 heteroatoms. The van der Waals surface area contributed by atoms with Gasteiger partial charge < -0.3 is 4.90 Å². The van der Waals surface area contributed by atoms with Gasteiger partial charge in [-0.1, -0.05) is 17.7 Å². The standard InChI is InChI=1S/C12H12ClN3/c1-16(2)12-8-9(7-11(13)15-12)10-5-3-4-6-14-10/h3-8H,1-2H3. The molecule has 0 aromatic carbocycles. The Kier molecular flexibility index (Phi) is 3.06. The number of pyridine rings is 2. The van der Waals surface area contributed by atoms with Gasteiger partial charge in [0.15, 0.2) is 0 Å². The Morgan fingerprint density at radius 1 is 1.19 bits per heavy atom. The van der Waals surface area contributed by atoms with Crippen LogP contribution in [0.15, 0.2) is 36.5 Å². The molecule has 0 fully saturated rings. The van der Waals surface area contributed by atoms with Gasteiger partial charge in [0.05, 0.1) is 5.69 Å². The Hall–Kier alpha value is -1.61. The highest BCUT2D eigenvalue weighted by atomic mass is 35.5. The molecule has 2 aromatic heterocycles. The molecule has 0 aliphatic rings. The lowest BCUT2D eigenvalue weighted by atomic mass is 10.2. The molecule has 0 amide bonds. The van der Waals surface area contributed by atoms with Gasteiger partial charge in [0.2, 0.25) is 0 Å². The molecule has 82 valence electrons. The van der Waals surface area contributed by atoms with Crippen molar-refractivity contribution in [1.29, 1.82) is 0 Å². The van der Waals surface area contributed by atoms with E-state index in [1.54, 1.807) is 6.20 Å². The fraction of sp³-hybridized carbons (Fsp3) is 0.167.